The van der Waals surface area contributed by atoms with Gasteiger partial charge in [0.1, 0.15) is 11.6 Å². The van der Waals surface area contributed by atoms with Gasteiger partial charge in [-0.2, -0.15) is 0 Å². The van der Waals surface area contributed by atoms with E-state index in [0.717, 1.165) is 33.6 Å². The molecule has 1 heterocycles. The van der Waals surface area contributed by atoms with E-state index in [1.54, 1.807) is 12.1 Å². The van der Waals surface area contributed by atoms with Gasteiger partial charge in [0.2, 0.25) is 0 Å². The number of para-hydroxylation sites is 1. The quantitative estimate of drug-likeness (QED) is 0.476. The predicted octanol–water partition coefficient (Wildman–Crippen LogP) is 6.82. The number of hydrogen-bond donors (Lipinski definition) is 0. The van der Waals surface area contributed by atoms with Crippen LogP contribution in [0, 0.1) is 12.7 Å². The summed E-state index contributed by atoms with van der Waals surface area (Å²) in [5, 5.41) is 0.476. The highest BCUT2D eigenvalue weighted by molar-refractivity contribution is 6.35. The van der Waals surface area contributed by atoms with Crippen LogP contribution in [-0.2, 0) is 0 Å². The van der Waals surface area contributed by atoms with Crippen molar-refractivity contribution in [2.24, 2.45) is 0 Å². The number of aryl methyl sites for hydroxylation is 1. The maximum Gasteiger partial charge on any atom is 0.153 e. The molecule has 0 radical (unpaired) electrons. The standard InChI is InChI=1S/C24H18ClFO/c1-15-7-9-18(10-8-15)24-23(25)16(2)22(17-11-13-19(26)14-12-17)20-5-3-4-6-21(20)27-24/h3-14,22H,2H2,1H3/t22-/m1/s1. The average Bonchev–Trinajstić information content (AvgIpc) is 2.79. The van der Waals surface area contributed by atoms with Crippen molar-refractivity contribution in [3.8, 4) is 5.75 Å². The van der Waals surface area contributed by atoms with E-state index in [1.807, 2.05) is 55.5 Å². The van der Waals surface area contributed by atoms with Crippen LogP contribution in [0.1, 0.15) is 28.2 Å². The summed E-state index contributed by atoms with van der Waals surface area (Å²) in [6.07, 6.45) is 0. The Morgan fingerprint density at radius 3 is 2.30 bits per heavy atom. The number of benzene rings is 3. The molecule has 134 valence electrons. The third-order valence-corrected chi connectivity index (χ3v) is 5.20. The van der Waals surface area contributed by atoms with Gasteiger partial charge in [-0.15, -0.1) is 0 Å². The van der Waals surface area contributed by atoms with Gasteiger partial charge < -0.3 is 4.74 Å². The lowest BCUT2D eigenvalue weighted by Crippen LogP contribution is -2.04. The molecule has 0 spiro atoms. The van der Waals surface area contributed by atoms with Crippen molar-refractivity contribution >= 4 is 17.4 Å². The summed E-state index contributed by atoms with van der Waals surface area (Å²) in [6.45, 7) is 6.30. The van der Waals surface area contributed by atoms with E-state index in [1.165, 1.54) is 12.1 Å². The Kier molecular flexibility index (Phi) is 4.59. The first-order valence-corrected chi connectivity index (χ1v) is 9.10. The largest absolute Gasteiger partial charge is 0.455 e. The Labute approximate surface area is 163 Å². The first-order chi connectivity index (χ1) is 13.0. The number of hydrogen-bond acceptors (Lipinski definition) is 1. The van der Waals surface area contributed by atoms with Crippen molar-refractivity contribution in [1.29, 1.82) is 0 Å². The molecule has 0 fully saturated rings. The molecule has 0 aliphatic carbocycles. The highest BCUT2D eigenvalue weighted by Crippen LogP contribution is 2.46. The van der Waals surface area contributed by atoms with Crippen LogP contribution < -0.4 is 4.74 Å². The summed E-state index contributed by atoms with van der Waals surface area (Å²) in [5.41, 5.74) is 4.65. The first kappa shape index (κ1) is 17.6. The molecule has 3 heteroatoms. The summed E-state index contributed by atoms with van der Waals surface area (Å²) < 4.78 is 19.7. The smallest absolute Gasteiger partial charge is 0.153 e. The Balaban J connectivity index is 1.90. The van der Waals surface area contributed by atoms with Gasteiger partial charge in [-0.25, -0.2) is 4.39 Å². The number of fused-ring (bicyclic) bond motifs is 1. The number of rotatable bonds is 2. The fourth-order valence-electron chi connectivity index (χ4n) is 3.35. The predicted molar refractivity (Wildman–Crippen MR) is 108 cm³/mol. The number of halogens is 2. The zero-order valence-corrected chi connectivity index (χ0v) is 15.6. The van der Waals surface area contributed by atoms with E-state index in [2.05, 4.69) is 6.58 Å². The first-order valence-electron chi connectivity index (χ1n) is 8.73. The minimum atomic E-state index is -0.274. The van der Waals surface area contributed by atoms with E-state index >= 15 is 0 Å². The van der Waals surface area contributed by atoms with Crippen molar-refractivity contribution in [2.75, 3.05) is 0 Å². The van der Waals surface area contributed by atoms with Crippen LogP contribution in [0.2, 0.25) is 0 Å². The van der Waals surface area contributed by atoms with Crippen LogP contribution in [0.15, 0.2) is 90.0 Å². The zero-order valence-electron chi connectivity index (χ0n) is 14.9. The monoisotopic (exact) mass is 376 g/mol. The second kappa shape index (κ2) is 7.05. The molecule has 3 aromatic rings. The van der Waals surface area contributed by atoms with Gasteiger partial charge in [0, 0.05) is 17.0 Å². The average molecular weight is 377 g/mol. The minimum absolute atomic E-state index is 0.211. The van der Waals surface area contributed by atoms with Crippen molar-refractivity contribution in [3.63, 3.8) is 0 Å². The van der Waals surface area contributed by atoms with Crippen molar-refractivity contribution in [1.82, 2.24) is 0 Å². The molecule has 0 amide bonds. The molecule has 1 aliphatic rings. The van der Waals surface area contributed by atoms with Crippen molar-refractivity contribution in [2.45, 2.75) is 12.8 Å². The Bertz CT molecular complexity index is 1030. The molecule has 3 aromatic carbocycles. The minimum Gasteiger partial charge on any atom is -0.455 e. The lowest BCUT2D eigenvalue weighted by atomic mass is 9.85. The van der Waals surface area contributed by atoms with Crippen LogP contribution in [0.5, 0.6) is 5.75 Å². The Hall–Kier alpha value is -2.84. The summed E-state index contributed by atoms with van der Waals surface area (Å²) in [4.78, 5) is 0. The third kappa shape index (κ3) is 3.29. The van der Waals surface area contributed by atoms with E-state index in [-0.39, 0.29) is 11.7 Å². The molecule has 0 saturated carbocycles. The van der Waals surface area contributed by atoms with Gasteiger partial charge in [-0.1, -0.05) is 78.3 Å². The van der Waals surface area contributed by atoms with Gasteiger partial charge >= 0.3 is 0 Å². The molecule has 1 atom stereocenters. The van der Waals surface area contributed by atoms with Crippen LogP contribution in [0.3, 0.4) is 0 Å². The molecule has 4 rings (SSSR count). The molecule has 0 N–H and O–H groups in total. The van der Waals surface area contributed by atoms with Crippen LogP contribution >= 0.6 is 11.6 Å². The number of allylic oxidation sites excluding steroid dienone is 2. The molecule has 27 heavy (non-hydrogen) atoms. The second-order valence-corrected chi connectivity index (χ2v) is 7.04. The molecule has 0 aromatic heterocycles. The van der Waals surface area contributed by atoms with Crippen molar-refractivity contribution in [3.05, 3.63) is 118 Å². The fraction of sp³-hybridized carbons (Fsp3) is 0.0833. The van der Waals surface area contributed by atoms with Gasteiger partial charge in [-0.3, -0.25) is 0 Å². The molecule has 0 bridgehead atoms. The summed E-state index contributed by atoms with van der Waals surface area (Å²) in [7, 11) is 0. The van der Waals surface area contributed by atoms with Crippen molar-refractivity contribution < 1.29 is 9.13 Å². The Morgan fingerprint density at radius 2 is 1.59 bits per heavy atom. The summed E-state index contributed by atoms with van der Waals surface area (Å²) >= 11 is 6.76. The van der Waals surface area contributed by atoms with E-state index in [0.29, 0.717) is 10.8 Å². The van der Waals surface area contributed by atoms with E-state index < -0.39 is 0 Å². The zero-order chi connectivity index (χ0) is 19.0. The highest BCUT2D eigenvalue weighted by Gasteiger charge is 2.29. The number of ether oxygens (including phenoxy) is 1. The summed E-state index contributed by atoms with van der Waals surface area (Å²) in [5.74, 6) is 0.819. The Morgan fingerprint density at radius 1 is 0.926 bits per heavy atom. The topological polar surface area (TPSA) is 9.23 Å². The SMILES string of the molecule is C=C1C(Cl)=C(c2ccc(C)cc2)Oc2ccccc2[C@H]1c1ccc(F)cc1. The van der Waals surface area contributed by atoms with Crippen LogP contribution in [0.25, 0.3) is 5.76 Å². The van der Waals surface area contributed by atoms with E-state index in [9.17, 15) is 4.39 Å². The molecule has 0 saturated heterocycles. The molecule has 1 aliphatic heterocycles. The third-order valence-electron chi connectivity index (χ3n) is 4.79. The van der Waals surface area contributed by atoms with Gasteiger partial charge in [0.25, 0.3) is 0 Å². The van der Waals surface area contributed by atoms with Crippen LogP contribution in [-0.4, -0.2) is 0 Å². The van der Waals surface area contributed by atoms with Gasteiger partial charge in [0.05, 0.1) is 5.03 Å². The normalized spacial score (nSPS) is 16.6. The molecular formula is C24H18ClFO. The van der Waals surface area contributed by atoms with E-state index in [4.69, 9.17) is 16.3 Å². The second-order valence-electron chi connectivity index (χ2n) is 6.66. The maximum absolute atomic E-state index is 13.4. The lowest BCUT2D eigenvalue weighted by Gasteiger charge is -2.19. The molecular weight excluding hydrogens is 359 g/mol. The summed E-state index contributed by atoms with van der Waals surface area (Å²) in [6, 6.07) is 22.3. The molecule has 1 nitrogen and oxygen atoms in total. The highest BCUT2D eigenvalue weighted by atomic mass is 35.5. The molecule has 0 unspecified atom stereocenters. The van der Waals surface area contributed by atoms with Crippen LogP contribution in [0.4, 0.5) is 4.39 Å². The lowest BCUT2D eigenvalue weighted by molar-refractivity contribution is 0.510. The van der Waals surface area contributed by atoms with Gasteiger partial charge in [0.15, 0.2) is 5.76 Å². The maximum atomic E-state index is 13.4. The fourth-order valence-corrected chi connectivity index (χ4v) is 3.61. The van der Waals surface area contributed by atoms with Gasteiger partial charge in [-0.05, 0) is 36.3 Å².